The highest BCUT2D eigenvalue weighted by Crippen LogP contribution is 2.14. The summed E-state index contributed by atoms with van der Waals surface area (Å²) in [5, 5.41) is 10.6. The Morgan fingerprint density at radius 3 is 2.18 bits per heavy atom. The molecule has 11 heavy (non-hydrogen) atoms. The van der Waals surface area contributed by atoms with Crippen LogP contribution in [-0.4, -0.2) is 19.3 Å². The SMILES string of the molecule is C#[N+]C(C)(CC[NH+](C)[O-])[N+]#C. The van der Waals surface area contributed by atoms with Gasteiger partial charge in [0, 0.05) is 9.69 Å². The van der Waals surface area contributed by atoms with Crippen LogP contribution in [0, 0.1) is 18.4 Å². The third kappa shape index (κ3) is 3.57. The van der Waals surface area contributed by atoms with Crippen LogP contribution >= 0.6 is 0 Å². The Morgan fingerprint density at radius 1 is 1.45 bits per heavy atom. The Balaban J connectivity index is 3.95. The zero-order valence-corrected chi connectivity index (χ0v) is 6.87. The number of hydrogen-bond donors (Lipinski definition) is 1. The van der Waals surface area contributed by atoms with Crippen LogP contribution in [0.3, 0.4) is 0 Å². The molecular formula is C7H13N3O+2. The fraction of sp³-hybridized carbons (Fsp3) is 0.714. The van der Waals surface area contributed by atoms with Crippen LogP contribution in [0.1, 0.15) is 13.3 Å². The van der Waals surface area contributed by atoms with Gasteiger partial charge in [0.25, 0.3) is 13.1 Å². The summed E-state index contributed by atoms with van der Waals surface area (Å²) in [5.41, 5.74) is -0.800. The molecule has 0 amide bonds. The van der Waals surface area contributed by atoms with Crippen molar-refractivity contribution in [1.82, 2.24) is 0 Å². The summed E-state index contributed by atoms with van der Waals surface area (Å²) in [4.78, 5) is 6.93. The highest BCUT2D eigenvalue weighted by molar-refractivity contribution is 5.05. The lowest BCUT2D eigenvalue weighted by molar-refractivity contribution is -0.826. The number of quaternary nitrogens is 1. The molecule has 0 saturated carbocycles. The largest absolute Gasteiger partial charge is 0.634 e. The van der Waals surface area contributed by atoms with Crippen molar-refractivity contribution in [1.29, 1.82) is 0 Å². The standard InChI is InChI=1S/C7H13N3O/c1-7(8-2,9-3)5-6-10(4)11/h2-3,10H,5-6H2,1,4H3/q+2. The van der Waals surface area contributed by atoms with Gasteiger partial charge in [0.05, 0.1) is 13.6 Å². The molecule has 0 aromatic rings. The molecule has 0 rings (SSSR count). The van der Waals surface area contributed by atoms with Gasteiger partial charge >= 0.3 is 5.66 Å². The topological polar surface area (TPSA) is 36.2 Å². The van der Waals surface area contributed by atoms with Crippen LogP contribution in [0.25, 0.3) is 9.69 Å². The van der Waals surface area contributed by atoms with Gasteiger partial charge in [-0.1, -0.05) is 0 Å². The summed E-state index contributed by atoms with van der Waals surface area (Å²) in [5.74, 6) is 0. The van der Waals surface area contributed by atoms with Crippen molar-refractivity contribution in [3.05, 3.63) is 14.9 Å². The smallest absolute Gasteiger partial charge is 0.567 e. The van der Waals surface area contributed by atoms with Crippen LogP contribution in [-0.2, 0) is 0 Å². The summed E-state index contributed by atoms with van der Waals surface area (Å²) in [6, 6.07) is 0. The summed E-state index contributed by atoms with van der Waals surface area (Å²) in [6.07, 6.45) is 0.468. The normalized spacial score (nSPS) is 13.2. The Labute approximate surface area is 66.6 Å². The van der Waals surface area contributed by atoms with Crippen LogP contribution in [0.15, 0.2) is 0 Å². The summed E-state index contributed by atoms with van der Waals surface area (Å²) >= 11 is 0. The van der Waals surface area contributed by atoms with Crippen molar-refractivity contribution >= 4 is 0 Å². The molecule has 0 aromatic heterocycles. The van der Waals surface area contributed by atoms with E-state index < -0.39 is 5.66 Å². The van der Waals surface area contributed by atoms with Crippen LogP contribution in [0.2, 0.25) is 0 Å². The minimum atomic E-state index is -0.800. The average Bonchev–Trinajstić information content (AvgIpc) is 2.00. The van der Waals surface area contributed by atoms with Gasteiger partial charge in [-0.15, -0.1) is 0 Å². The molecule has 1 unspecified atom stereocenters. The second-order valence-corrected chi connectivity index (χ2v) is 2.68. The molecule has 4 nitrogen and oxygen atoms in total. The molecule has 1 N–H and O–H groups in total. The maximum atomic E-state index is 10.6. The summed E-state index contributed by atoms with van der Waals surface area (Å²) in [7, 11) is 1.51. The predicted octanol–water partition coefficient (Wildman–Crippen LogP) is 0.0306. The number of nitrogens with one attached hydrogen (secondary N) is 1. The molecule has 60 valence electrons. The lowest BCUT2D eigenvalue weighted by Gasteiger charge is -2.13. The molecule has 1 atom stereocenters. The van der Waals surface area contributed by atoms with Gasteiger partial charge in [0.1, 0.15) is 6.92 Å². The molecular weight excluding hydrogens is 142 g/mol. The van der Waals surface area contributed by atoms with Crippen molar-refractivity contribution in [2.75, 3.05) is 13.6 Å². The first-order valence-electron chi connectivity index (χ1n) is 3.37. The Bertz CT molecular complexity index is 185. The highest BCUT2D eigenvalue weighted by Gasteiger charge is 2.45. The first-order valence-corrected chi connectivity index (χ1v) is 3.37. The third-order valence-corrected chi connectivity index (χ3v) is 1.51. The Morgan fingerprint density at radius 2 is 1.91 bits per heavy atom. The number of hydrogen-bond acceptors (Lipinski definition) is 1. The predicted molar refractivity (Wildman–Crippen MR) is 44.8 cm³/mol. The zero-order valence-electron chi connectivity index (χ0n) is 6.87. The van der Waals surface area contributed by atoms with Crippen molar-refractivity contribution in [3.8, 4) is 13.1 Å². The Kier molecular flexibility index (Phi) is 3.53. The van der Waals surface area contributed by atoms with Crippen LogP contribution in [0.4, 0.5) is 0 Å². The molecule has 0 fully saturated rings. The molecule has 0 aliphatic carbocycles. The quantitative estimate of drug-likeness (QED) is 0.573. The molecule has 0 heterocycles. The van der Waals surface area contributed by atoms with Gasteiger partial charge < -0.3 is 10.3 Å². The van der Waals surface area contributed by atoms with E-state index in [1.165, 1.54) is 7.05 Å². The molecule has 0 radical (unpaired) electrons. The monoisotopic (exact) mass is 155 g/mol. The van der Waals surface area contributed by atoms with E-state index in [9.17, 15) is 5.21 Å². The highest BCUT2D eigenvalue weighted by atomic mass is 16.5. The second kappa shape index (κ2) is 3.92. The van der Waals surface area contributed by atoms with Gasteiger partial charge in [-0.25, -0.2) is 0 Å². The van der Waals surface area contributed by atoms with Gasteiger partial charge in [0.15, 0.2) is 6.42 Å². The number of nitrogens with zero attached hydrogens (tertiary/aromatic N) is 2. The fourth-order valence-corrected chi connectivity index (χ4v) is 0.575. The lowest BCUT2D eigenvalue weighted by atomic mass is 10.1. The fourth-order valence-electron chi connectivity index (χ4n) is 0.575. The van der Waals surface area contributed by atoms with Gasteiger partial charge in [0.2, 0.25) is 0 Å². The van der Waals surface area contributed by atoms with Gasteiger partial charge in [-0.2, -0.15) is 0 Å². The van der Waals surface area contributed by atoms with Crippen molar-refractivity contribution in [3.63, 3.8) is 0 Å². The minimum Gasteiger partial charge on any atom is -0.634 e. The minimum absolute atomic E-state index is 0.0866. The zero-order chi connectivity index (χ0) is 8.91. The van der Waals surface area contributed by atoms with E-state index in [0.29, 0.717) is 13.0 Å². The average molecular weight is 155 g/mol. The molecule has 0 saturated heterocycles. The first-order chi connectivity index (χ1) is 5.04. The molecule has 0 bridgehead atoms. The van der Waals surface area contributed by atoms with E-state index in [1.807, 2.05) is 0 Å². The van der Waals surface area contributed by atoms with Crippen molar-refractivity contribution in [2.24, 2.45) is 0 Å². The molecule has 0 aromatic carbocycles. The van der Waals surface area contributed by atoms with E-state index in [2.05, 4.69) is 9.69 Å². The molecule has 4 heteroatoms. The second-order valence-electron chi connectivity index (χ2n) is 2.68. The van der Waals surface area contributed by atoms with E-state index >= 15 is 0 Å². The van der Waals surface area contributed by atoms with Gasteiger partial charge in [-0.05, 0) is 0 Å². The van der Waals surface area contributed by atoms with Crippen LogP contribution in [0.5, 0.6) is 0 Å². The maximum absolute atomic E-state index is 10.6. The number of rotatable bonds is 3. The molecule has 0 spiro atoms. The van der Waals surface area contributed by atoms with E-state index in [-0.39, 0.29) is 5.06 Å². The van der Waals surface area contributed by atoms with E-state index in [0.717, 1.165) is 0 Å². The lowest BCUT2D eigenvalue weighted by Crippen LogP contribution is -3.04. The molecule has 0 aliphatic heterocycles. The third-order valence-electron chi connectivity index (χ3n) is 1.51. The van der Waals surface area contributed by atoms with Crippen molar-refractivity contribution in [2.45, 2.75) is 19.0 Å². The summed E-state index contributed by atoms with van der Waals surface area (Å²) in [6.45, 7) is 12.2. The summed E-state index contributed by atoms with van der Waals surface area (Å²) < 4.78 is 0. The van der Waals surface area contributed by atoms with Gasteiger partial charge in [-0.3, -0.25) is 0 Å². The number of hydroxylamine groups is 2. The van der Waals surface area contributed by atoms with Crippen molar-refractivity contribution < 1.29 is 5.06 Å². The first kappa shape index (κ1) is 9.90. The van der Waals surface area contributed by atoms with Crippen LogP contribution < -0.4 is 5.06 Å². The van der Waals surface area contributed by atoms with E-state index in [4.69, 9.17) is 13.1 Å². The maximum Gasteiger partial charge on any atom is 0.567 e. The van der Waals surface area contributed by atoms with E-state index in [1.54, 1.807) is 6.92 Å². The molecule has 0 aliphatic rings. The Hall–Kier alpha value is -1.10.